The fourth-order valence-electron chi connectivity index (χ4n) is 2.82. The van der Waals surface area contributed by atoms with Gasteiger partial charge < -0.3 is 5.32 Å². The van der Waals surface area contributed by atoms with E-state index in [1.807, 2.05) is 35.0 Å². The van der Waals surface area contributed by atoms with Crippen molar-refractivity contribution in [3.05, 3.63) is 48.0 Å². The Morgan fingerprint density at radius 3 is 3.00 bits per heavy atom. The van der Waals surface area contributed by atoms with Gasteiger partial charge in [0.2, 0.25) is 0 Å². The average molecular weight is 340 g/mol. The molecule has 4 rings (SSSR count). The summed E-state index contributed by atoms with van der Waals surface area (Å²) in [4.78, 5) is 20.9. The predicted molar refractivity (Wildman–Crippen MR) is 91.8 cm³/mol. The van der Waals surface area contributed by atoms with Crippen LogP contribution in [0.3, 0.4) is 0 Å². The molecule has 8 heteroatoms. The first-order valence-corrected chi connectivity index (χ1v) is 8.60. The topological polar surface area (TPSA) is 84.7 Å². The van der Waals surface area contributed by atoms with Crippen LogP contribution in [0.5, 0.6) is 0 Å². The highest BCUT2D eigenvalue weighted by atomic mass is 32.1. The second-order valence-electron chi connectivity index (χ2n) is 5.59. The summed E-state index contributed by atoms with van der Waals surface area (Å²) >= 11 is 1.41. The number of hydrogen-bond acceptors (Lipinski definition) is 5. The summed E-state index contributed by atoms with van der Waals surface area (Å²) in [6, 6.07) is 9.65. The van der Waals surface area contributed by atoms with Crippen LogP contribution in [0.4, 0.5) is 9.80 Å². The van der Waals surface area contributed by atoms with Gasteiger partial charge in [-0.1, -0.05) is 30.3 Å². The molecule has 7 nitrogen and oxygen atoms in total. The second kappa shape index (κ2) is 6.40. The largest absolute Gasteiger partial charge is 0.333 e. The molecule has 1 aromatic carbocycles. The number of amides is 2. The minimum absolute atomic E-state index is 0.0484. The van der Waals surface area contributed by atoms with Crippen LogP contribution in [0.1, 0.15) is 12.2 Å². The molecule has 3 heterocycles. The molecule has 1 aliphatic heterocycles. The number of fused-ring (bicyclic) bond motifs is 1. The van der Waals surface area contributed by atoms with Crippen LogP contribution >= 0.6 is 11.3 Å². The number of hydrogen-bond donors (Lipinski definition) is 2. The third kappa shape index (κ3) is 3.00. The molecular formula is C16H16N6OS. The van der Waals surface area contributed by atoms with E-state index in [0.717, 1.165) is 34.9 Å². The highest BCUT2D eigenvalue weighted by Gasteiger charge is 2.22. The Kier molecular flexibility index (Phi) is 3.96. The Balaban J connectivity index is 1.42. The van der Waals surface area contributed by atoms with E-state index < -0.39 is 0 Å². The molecular weight excluding hydrogens is 324 g/mol. The Labute approximate surface area is 142 Å². The van der Waals surface area contributed by atoms with Crippen LogP contribution in [0.15, 0.2) is 42.2 Å². The zero-order valence-corrected chi connectivity index (χ0v) is 13.7. The van der Waals surface area contributed by atoms with Crippen molar-refractivity contribution in [2.75, 3.05) is 5.32 Å². The summed E-state index contributed by atoms with van der Waals surface area (Å²) in [6.07, 6.45) is 3.24. The molecule has 2 aromatic heterocycles. The number of carbonyl (C=O) groups is 1. The van der Waals surface area contributed by atoms with Crippen LogP contribution in [0, 0.1) is 0 Å². The van der Waals surface area contributed by atoms with Gasteiger partial charge in [0.15, 0.2) is 0 Å². The number of rotatable bonds is 3. The zero-order valence-electron chi connectivity index (χ0n) is 12.8. The highest BCUT2D eigenvalue weighted by Crippen LogP contribution is 2.30. The molecule has 3 aromatic rings. The maximum absolute atomic E-state index is 12.3. The van der Waals surface area contributed by atoms with E-state index in [-0.39, 0.29) is 12.1 Å². The number of anilines is 1. The first-order chi connectivity index (χ1) is 11.8. The van der Waals surface area contributed by atoms with Gasteiger partial charge in [0.05, 0.1) is 18.1 Å². The van der Waals surface area contributed by atoms with E-state index >= 15 is 0 Å². The van der Waals surface area contributed by atoms with E-state index in [0.29, 0.717) is 6.54 Å². The van der Waals surface area contributed by atoms with E-state index in [2.05, 4.69) is 25.7 Å². The molecule has 1 aliphatic rings. The Morgan fingerprint density at radius 2 is 2.12 bits per heavy atom. The number of nitrogens with zero attached hydrogens (tertiary/aromatic N) is 4. The smallest absolute Gasteiger partial charge is 0.320 e. The lowest BCUT2D eigenvalue weighted by Gasteiger charge is -2.23. The van der Waals surface area contributed by atoms with Gasteiger partial charge in [0.25, 0.3) is 0 Å². The van der Waals surface area contributed by atoms with Crippen molar-refractivity contribution in [1.29, 1.82) is 0 Å². The average Bonchev–Trinajstić information content (AvgIpc) is 3.24. The number of thiazole rings is 1. The lowest BCUT2D eigenvalue weighted by atomic mass is 10.1. The Bertz CT molecular complexity index is 843. The van der Waals surface area contributed by atoms with Gasteiger partial charge in [-0.05, 0) is 6.42 Å². The summed E-state index contributed by atoms with van der Waals surface area (Å²) in [5, 5.41) is 10.8. The fourth-order valence-corrected chi connectivity index (χ4v) is 3.51. The Hall–Kier alpha value is -2.74. The number of aryl methyl sites for hydroxylation is 1. The van der Waals surface area contributed by atoms with E-state index in [4.69, 9.17) is 0 Å². The summed E-state index contributed by atoms with van der Waals surface area (Å²) in [5.41, 5.74) is 3.51. The molecule has 2 amide bonds. The number of nitrogens with one attached hydrogen (secondary N) is 2. The molecule has 0 spiro atoms. The first kappa shape index (κ1) is 14.8. The third-order valence-electron chi connectivity index (χ3n) is 3.98. The van der Waals surface area contributed by atoms with Gasteiger partial charge in [-0.15, -0.1) is 11.3 Å². The molecule has 0 radical (unpaired) electrons. The van der Waals surface area contributed by atoms with E-state index in [1.165, 1.54) is 11.3 Å². The number of urea groups is 1. The third-order valence-corrected chi connectivity index (χ3v) is 4.72. The van der Waals surface area contributed by atoms with Crippen molar-refractivity contribution in [2.24, 2.45) is 0 Å². The van der Waals surface area contributed by atoms with Crippen molar-refractivity contribution in [1.82, 2.24) is 25.1 Å². The van der Waals surface area contributed by atoms with Gasteiger partial charge in [-0.2, -0.15) is 5.10 Å². The quantitative estimate of drug-likeness (QED) is 0.767. The number of aromatic nitrogens is 4. The maximum Gasteiger partial charge on any atom is 0.320 e. The van der Waals surface area contributed by atoms with Crippen molar-refractivity contribution in [2.45, 2.75) is 25.4 Å². The summed E-state index contributed by atoms with van der Waals surface area (Å²) in [7, 11) is 0. The predicted octanol–water partition coefficient (Wildman–Crippen LogP) is 2.54. The van der Waals surface area contributed by atoms with Gasteiger partial charge >= 0.3 is 6.03 Å². The van der Waals surface area contributed by atoms with Crippen LogP contribution in [-0.4, -0.2) is 31.8 Å². The second-order valence-corrected chi connectivity index (χ2v) is 6.44. The van der Waals surface area contributed by atoms with Crippen LogP contribution in [0.25, 0.3) is 11.3 Å². The molecule has 0 saturated carbocycles. The van der Waals surface area contributed by atoms with Crippen molar-refractivity contribution in [3.8, 4) is 11.3 Å². The van der Waals surface area contributed by atoms with Crippen LogP contribution in [-0.2, 0) is 13.0 Å². The summed E-state index contributed by atoms with van der Waals surface area (Å²) in [6.45, 7) is 0.650. The number of carbonyl (C=O) groups excluding carboxylic acids is 1. The lowest BCUT2D eigenvalue weighted by Crippen LogP contribution is -2.43. The molecule has 0 bridgehead atoms. The molecule has 0 aliphatic carbocycles. The molecule has 0 fully saturated rings. The van der Waals surface area contributed by atoms with E-state index in [1.54, 1.807) is 11.8 Å². The summed E-state index contributed by atoms with van der Waals surface area (Å²) in [5.74, 6) is 0.974. The lowest BCUT2D eigenvalue weighted by molar-refractivity contribution is 0.243. The van der Waals surface area contributed by atoms with Crippen molar-refractivity contribution < 1.29 is 4.79 Å². The monoisotopic (exact) mass is 340 g/mol. The molecule has 122 valence electrons. The molecule has 24 heavy (non-hydrogen) atoms. The normalized spacial score (nSPS) is 16.4. The van der Waals surface area contributed by atoms with Gasteiger partial charge in [-0.3, -0.25) is 5.32 Å². The highest BCUT2D eigenvalue weighted by molar-refractivity contribution is 7.14. The van der Waals surface area contributed by atoms with Crippen LogP contribution < -0.4 is 10.6 Å². The van der Waals surface area contributed by atoms with Gasteiger partial charge in [0.1, 0.15) is 22.8 Å². The maximum atomic E-state index is 12.3. The van der Waals surface area contributed by atoms with Crippen LogP contribution in [0.2, 0.25) is 0 Å². The minimum Gasteiger partial charge on any atom is -0.333 e. The van der Waals surface area contributed by atoms with Gasteiger partial charge in [0, 0.05) is 12.0 Å². The Morgan fingerprint density at radius 1 is 1.25 bits per heavy atom. The molecule has 0 saturated heterocycles. The fraction of sp³-hybridized carbons (Fsp3) is 0.250. The molecule has 0 unspecified atom stereocenters. The first-order valence-electron chi connectivity index (χ1n) is 7.73. The molecule has 1 atom stereocenters. The van der Waals surface area contributed by atoms with Crippen molar-refractivity contribution >= 4 is 22.4 Å². The standard InChI is InChI=1S/C16H16N6OS/c23-16(20-12-6-7-13-17-9-19-22(13)8-12)21-15-14(18-10-24-15)11-4-2-1-3-5-11/h1-5,9-10,12H,6-8H2,(H2,20,21,23)/t12-/m0/s1. The minimum atomic E-state index is -0.218. The number of benzene rings is 1. The van der Waals surface area contributed by atoms with E-state index in [9.17, 15) is 4.79 Å². The van der Waals surface area contributed by atoms with Gasteiger partial charge in [-0.25, -0.2) is 19.4 Å². The van der Waals surface area contributed by atoms with Crippen molar-refractivity contribution in [3.63, 3.8) is 0 Å². The summed E-state index contributed by atoms with van der Waals surface area (Å²) < 4.78 is 1.84. The SMILES string of the molecule is O=C(Nc1scnc1-c1ccccc1)N[C@H]1CCc2ncnn2C1. The molecule has 2 N–H and O–H groups in total. The zero-order chi connectivity index (χ0) is 16.4.